The number of anilines is 1. The third kappa shape index (κ3) is 8.53. The molecule has 4 aromatic carbocycles. The lowest BCUT2D eigenvalue weighted by molar-refractivity contribution is -0.170. The summed E-state index contributed by atoms with van der Waals surface area (Å²) in [5.74, 6) is -2.98. The van der Waals surface area contributed by atoms with E-state index in [1.165, 1.54) is 12.1 Å². The molecule has 1 amide bonds. The van der Waals surface area contributed by atoms with Gasteiger partial charge in [-0.25, -0.2) is 0 Å². The maximum absolute atomic E-state index is 13.4. The SMILES string of the molecule is CCOC(=O)C(COC(=O)Cc1ccc(NC(=O)c2ccccc2-c2ccc(C(F)(F)F)cc2)c(CC)c1)(C(=O)OCC)c1ccccc1. The fourth-order valence-corrected chi connectivity index (χ4v) is 5.29. The maximum Gasteiger partial charge on any atom is 0.416 e. The van der Waals surface area contributed by atoms with E-state index in [9.17, 15) is 32.3 Å². The molecule has 8 nitrogen and oxygen atoms in total. The normalized spacial score (nSPS) is 11.4. The van der Waals surface area contributed by atoms with Crippen molar-refractivity contribution in [2.75, 3.05) is 25.1 Å². The predicted molar refractivity (Wildman–Crippen MR) is 177 cm³/mol. The molecule has 0 aromatic heterocycles. The Morgan fingerprint density at radius 3 is 1.90 bits per heavy atom. The molecule has 0 fully saturated rings. The molecule has 11 heteroatoms. The number of esters is 3. The van der Waals surface area contributed by atoms with Crippen molar-refractivity contribution < 1.29 is 46.6 Å². The third-order valence-corrected chi connectivity index (χ3v) is 7.81. The molecule has 0 unspecified atom stereocenters. The van der Waals surface area contributed by atoms with Gasteiger partial charge in [-0.1, -0.05) is 79.7 Å². The van der Waals surface area contributed by atoms with Crippen molar-refractivity contribution in [1.29, 1.82) is 0 Å². The lowest BCUT2D eigenvalue weighted by atomic mass is 9.81. The van der Waals surface area contributed by atoms with Crippen molar-refractivity contribution in [3.05, 3.63) is 125 Å². The molecule has 0 aliphatic rings. The van der Waals surface area contributed by atoms with Gasteiger partial charge in [-0.05, 0) is 72.4 Å². The molecule has 0 aliphatic carbocycles. The van der Waals surface area contributed by atoms with Crippen LogP contribution in [0.5, 0.6) is 0 Å². The molecule has 0 atom stereocenters. The summed E-state index contributed by atoms with van der Waals surface area (Å²) in [6.07, 6.45) is -4.19. The van der Waals surface area contributed by atoms with Gasteiger partial charge in [0.25, 0.3) is 5.91 Å². The van der Waals surface area contributed by atoms with Crippen LogP contribution in [0.1, 0.15) is 53.4 Å². The molecular formula is C38H36F3NO7. The van der Waals surface area contributed by atoms with Gasteiger partial charge in [-0.3, -0.25) is 19.2 Å². The molecule has 4 aromatic rings. The van der Waals surface area contributed by atoms with Crippen LogP contribution >= 0.6 is 0 Å². The number of carbonyl (C=O) groups excluding carboxylic acids is 4. The molecule has 0 spiro atoms. The number of benzene rings is 4. The van der Waals surface area contributed by atoms with Gasteiger partial charge < -0.3 is 19.5 Å². The number of ether oxygens (including phenoxy) is 3. The van der Waals surface area contributed by atoms with Gasteiger partial charge in [0.2, 0.25) is 5.41 Å². The van der Waals surface area contributed by atoms with E-state index in [1.54, 1.807) is 86.6 Å². The van der Waals surface area contributed by atoms with Crippen molar-refractivity contribution in [3.63, 3.8) is 0 Å². The molecule has 0 heterocycles. The van der Waals surface area contributed by atoms with Crippen molar-refractivity contribution in [3.8, 4) is 11.1 Å². The van der Waals surface area contributed by atoms with E-state index in [-0.39, 0.29) is 30.8 Å². The first-order valence-electron chi connectivity index (χ1n) is 15.7. The van der Waals surface area contributed by atoms with Crippen molar-refractivity contribution in [2.24, 2.45) is 0 Å². The Morgan fingerprint density at radius 2 is 1.31 bits per heavy atom. The lowest BCUT2D eigenvalue weighted by Crippen LogP contribution is -2.50. The zero-order valence-corrected chi connectivity index (χ0v) is 27.3. The highest BCUT2D eigenvalue weighted by atomic mass is 19.4. The smallest absolute Gasteiger partial charge is 0.416 e. The highest BCUT2D eigenvalue weighted by Crippen LogP contribution is 2.33. The second kappa shape index (κ2) is 16.1. The van der Waals surface area contributed by atoms with E-state index in [2.05, 4.69) is 5.32 Å². The van der Waals surface area contributed by atoms with Crippen LogP contribution < -0.4 is 5.32 Å². The van der Waals surface area contributed by atoms with E-state index in [4.69, 9.17) is 14.2 Å². The molecule has 0 bridgehead atoms. The summed E-state index contributed by atoms with van der Waals surface area (Å²) >= 11 is 0. The first-order valence-corrected chi connectivity index (χ1v) is 15.7. The quantitative estimate of drug-likeness (QED) is 0.0898. The predicted octanol–water partition coefficient (Wildman–Crippen LogP) is 7.34. The lowest BCUT2D eigenvalue weighted by Gasteiger charge is -2.29. The number of halogens is 3. The highest BCUT2D eigenvalue weighted by molar-refractivity contribution is 6.09. The Labute approximate surface area is 282 Å². The fourth-order valence-electron chi connectivity index (χ4n) is 5.29. The molecular weight excluding hydrogens is 639 g/mol. The Balaban J connectivity index is 1.51. The molecule has 0 saturated heterocycles. The van der Waals surface area contributed by atoms with Gasteiger partial charge in [0, 0.05) is 11.3 Å². The van der Waals surface area contributed by atoms with E-state index >= 15 is 0 Å². The van der Waals surface area contributed by atoms with Gasteiger partial charge in [-0.2, -0.15) is 13.2 Å². The summed E-state index contributed by atoms with van der Waals surface area (Å²) in [4.78, 5) is 53.0. The topological polar surface area (TPSA) is 108 Å². The van der Waals surface area contributed by atoms with Gasteiger partial charge in [-0.15, -0.1) is 0 Å². The summed E-state index contributed by atoms with van der Waals surface area (Å²) in [6, 6.07) is 24.3. The average Bonchev–Trinajstić information content (AvgIpc) is 3.09. The summed E-state index contributed by atoms with van der Waals surface area (Å²) in [5.41, 5.74) is 0.374. The number of hydrogen-bond donors (Lipinski definition) is 1. The monoisotopic (exact) mass is 675 g/mol. The second-order valence-electron chi connectivity index (χ2n) is 11.0. The van der Waals surface area contributed by atoms with Crippen molar-refractivity contribution >= 4 is 29.5 Å². The van der Waals surface area contributed by atoms with E-state index < -0.39 is 47.6 Å². The van der Waals surface area contributed by atoms with Crippen LogP contribution in [0.25, 0.3) is 11.1 Å². The third-order valence-electron chi connectivity index (χ3n) is 7.81. The minimum absolute atomic E-state index is 0.00983. The Hall–Kier alpha value is -5.45. The van der Waals surface area contributed by atoms with Crippen molar-refractivity contribution in [2.45, 2.75) is 45.2 Å². The van der Waals surface area contributed by atoms with Crippen LogP contribution in [-0.2, 0) is 53.0 Å². The molecule has 4 rings (SSSR count). The molecule has 1 N–H and O–H groups in total. The van der Waals surface area contributed by atoms with E-state index in [1.807, 2.05) is 6.92 Å². The zero-order chi connectivity index (χ0) is 35.6. The van der Waals surface area contributed by atoms with Crippen LogP contribution in [0, 0.1) is 0 Å². The number of hydrogen-bond acceptors (Lipinski definition) is 7. The van der Waals surface area contributed by atoms with E-state index in [0.29, 0.717) is 34.4 Å². The Kier molecular flexibility index (Phi) is 12.0. The van der Waals surface area contributed by atoms with Gasteiger partial charge in [0.1, 0.15) is 6.61 Å². The summed E-state index contributed by atoms with van der Waals surface area (Å²) in [5, 5.41) is 2.88. The molecule has 256 valence electrons. The minimum Gasteiger partial charge on any atom is -0.465 e. The number of alkyl halides is 3. The minimum atomic E-state index is -4.48. The molecule has 0 radical (unpaired) electrons. The number of rotatable bonds is 13. The second-order valence-corrected chi connectivity index (χ2v) is 11.0. The fraction of sp³-hybridized carbons (Fsp3) is 0.263. The largest absolute Gasteiger partial charge is 0.465 e. The van der Waals surface area contributed by atoms with Crippen molar-refractivity contribution in [1.82, 2.24) is 0 Å². The molecule has 0 saturated carbocycles. The maximum atomic E-state index is 13.4. The van der Waals surface area contributed by atoms with Crippen LogP contribution in [0.3, 0.4) is 0 Å². The Morgan fingerprint density at radius 1 is 0.694 bits per heavy atom. The average molecular weight is 676 g/mol. The highest BCUT2D eigenvalue weighted by Gasteiger charge is 2.52. The molecule has 49 heavy (non-hydrogen) atoms. The molecule has 0 aliphatic heterocycles. The van der Waals surface area contributed by atoms with Crippen LogP contribution in [0.2, 0.25) is 0 Å². The summed E-state index contributed by atoms with van der Waals surface area (Å²) in [6.45, 7) is 4.41. The zero-order valence-electron chi connectivity index (χ0n) is 27.3. The summed E-state index contributed by atoms with van der Waals surface area (Å²) in [7, 11) is 0. The van der Waals surface area contributed by atoms with Crippen LogP contribution in [0.15, 0.2) is 97.1 Å². The number of carbonyl (C=O) groups is 4. The van der Waals surface area contributed by atoms with E-state index in [0.717, 1.165) is 12.1 Å². The first-order chi connectivity index (χ1) is 23.4. The standard InChI is InChI=1S/C38H36F3NO7/c1-4-26-22-25(23-33(43)49-24-37(35(45)47-5-2,36(46)48-6-3)28-12-8-7-9-13-28)16-21-32(26)42-34(44)31-15-11-10-14-30(31)27-17-19-29(20-18-27)38(39,40)41/h7-22H,4-6,23-24H2,1-3H3,(H,42,44). The van der Waals surface area contributed by atoms with Crippen LogP contribution in [0.4, 0.5) is 18.9 Å². The van der Waals surface area contributed by atoms with Gasteiger partial charge in [0.15, 0.2) is 0 Å². The van der Waals surface area contributed by atoms with Gasteiger partial charge >= 0.3 is 24.1 Å². The first kappa shape index (κ1) is 36.4. The Bertz CT molecular complexity index is 1770. The number of amides is 1. The number of nitrogens with one attached hydrogen (secondary N) is 1. The van der Waals surface area contributed by atoms with Gasteiger partial charge in [0.05, 0.1) is 25.2 Å². The summed E-state index contributed by atoms with van der Waals surface area (Å²) < 4.78 is 55.2. The van der Waals surface area contributed by atoms with Crippen LogP contribution in [-0.4, -0.2) is 43.6 Å². The number of aryl methyl sites for hydroxylation is 1.